The molecular weight excluding hydrogens is 260 g/mol. The topological polar surface area (TPSA) is 53.6 Å². The van der Waals surface area contributed by atoms with Crippen LogP contribution in [0.3, 0.4) is 0 Å². The normalized spacial score (nSPS) is 11.1. The lowest BCUT2D eigenvalue weighted by molar-refractivity contribution is 1.29. The Balaban J connectivity index is 1.96. The van der Waals surface area contributed by atoms with Crippen LogP contribution in [0.15, 0.2) is 54.6 Å². The number of hydrogen-bond acceptors (Lipinski definition) is 3. The van der Waals surface area contributed by atoms with Crippen molar-refractivity contribution in [3.05, 3.63) is 54.6 Å². The van der Waals surface area contributed by atoms with Crippen LogP contribution in [-0.4, -0.2) is 22.0 Å². The van der Waals surface area contributed by atoms with Crippen LogP contribution >= 0.6 is 0 Å². The van der Waals surface area contributed by atoms with Gasteiger partial charge in [-0.25, -0.2) is 9.97 Å². The lowest BCUT2D eigenvalue weighted by atomic mass is 10.0. The number of nitrogens with zero attached hydrogens (tertiary/aromatic N) is 2. The van der Waals surface area contributed by atoms with Gasteiger partial charge in [-0.2, -0.15) is 0 Å². The fourth-order valence-electron chi connectivity index (χ4n) is 2.59. The van der Waals surface area contributed by atoms with E-state index in [0.29, 0.717) is 0 Å². The van der Waals surface area contributed by atoms with Crippen molar-refractivity contribution in [1.82, 2.24) is 15.0 Å². The largest absolute Gasteiger partial charge is 0.373 e. The first-order chi connectivity index (χ1) is 10.3. The van der Waals surface area contributed by atoms with Gasteiger partial charge in [0.05, 0.1) is 5.52 Å². The van der Waals surface area contributed by atoms with Crippen molar-refractivity contribution in [2.45, 2.75) is 0 Å². The molecule has 0 saturated heterocycles. The van der Waals surface area contributed by atoms with Crippen LogP contribution in [-0.2, 0) is 0 Å². The molecule has 0 aliphatic heterocycles. The van der Waals surface area contributed by atoms with E-state index in [2.05, 4.69) is 50.6 Å². The summed E-state index contributed by atoms with van der Waals surface area (Å²) in [5, 5.41) is 5.43. The van der Waals surface area contributed by atoms with Crippen LogP contribution in [0.25, 0.3) is 33.3 Å². The third kappa shape index (κ3) is 1.92. The number of pyridine rings is 1. The van der Waals surface area contributed by atoms with Gasteiger partial charge in [-0.15, -0.1) is 0 Å². The molecule has 0 fully saturated rings. The van der Waals surface area contributed by atoms with E-state index in [1.165, 1.54) is 10.8 Å². The number of benzene rings is 2. The second kappa shape index (κ2) is 4.59. The molecule has 4 heteroatoms. The summed E-state index contributed by atoms with van der Waals surface area (Å²) in [6, 6.07) is 18.5. The van der Waals surface area contributed by atoms with Crippen LogP contribution in [0.1, 0.15) is 0 Å². The number of nitrogens with one attached hydrogen (secondary N) is 2. The minimum absolute atomic E-state index is 0.727. The Kier molecular flexibility index (Phi) is 2.60. The molecule has 2 N–H and O–H groups in total. The number of H-pyrrole nitrogens is 1. The van der Waals surface area contributed by atoms with Crippen LogP contribution in [0.5, 0.6) is 0 Å². The fraction of sp³-hybridized carbons (Fsp3) is 0.0588. The van der Waals surface area contributed by atoms with Gasteiger partial charge in [0, 0.05) is 12.6 Å². The minimum atomic E-state index is 0.727. The van der Waals surface area contributed by atoms with Gasteiger partial charge in [0.15, 0.2) is 5.65 Å². The molecule has 0 atom stereocenters. The Hall–Kier alpha value is -2.88. The quantitative estimate of drug-likeness (QED) is 0.584. The predicted molar refractivity (Wildman–Crippen MR) is 86.4 cm³/mol. The average molecular weight is 274 g/mol. The third-order valence-corrected chi connectivity index (χ3v) is 3.65. The second-order valence-corrected chi connectivity index (χ2v) is 4.93. The van der Waals surface area contributed by atoms with E-state index in [-0.39, 0.29) is 0 Å². The van der Waals surface area contributed by atoms with Gasteiger partial charge in [-0.1, -0.05) is 42.5 Å². The van der Waals surface area contributed by atoms with E-state index < -0.39 is 0 Å². The minimum Gasteiger partial charge on any atom is -0.373 e. The third-order valence-electron chi connectivity index (χ3n) is 3.65. The number of rotatable bonds is 2. The highest BCUT2D eigenvalue weighted by Gasteiger charge is 2.09. The molecule has 0 saturated carbocycles. The molecule has 4 nitrogen and oxygen atoms in total. The summed E-state index contributed by atoms with van der Waals surface area (Å²) in [6.07, 6.45) is 0. The fourth-order valence-corrected chi connectivity index (χ4v) is 2.59. The molecule has 0 aliphatic rings. The summed E-state index contributed by atoms with van der Waals surface area (Å²) in [6.45, 7) is 0. The Morgan fingerprint density at radius 3 is 2.67 bits per heavy atom. The lowest BCUT2D eigenvalue weighted by Crippen LogP contribution is -1.91. The van der Waals surface area contributed by atoms with Gasteiger partial charge < -0.3 is 10.3 Å². The van der Waals surface area contributed by atoms with Gasteiger partial charge >= 0.3 is 0 Å². The molecule has 0 amide bonds. The molecule has 0 aliphatic carbocycles. The van der Waals surface area contributed by atoms with E-state index in [1.807, 2.05) is 31.3 Å². The molecular formula is C17H14N4. The van der Waals surface area contributed by atoms with E-state index in [9.17, 15) is 0 Å². The maximum atomic E-state index is 4.64. The molecule has 0 unspecified atom stereocenters. The molecule has 4 aromatic rings. The van der Waals surface area contributed by atoms with Crippen LogP contribution in [0.4, 0.5) is 5.82 Å². The maximum Gasteiger partial charge on any atom is 0.180 e. The molecule has 2 aromatic carbocycles. The van der Waals surface area contributed by atoms with Gasteiger partial charge in [-0.05, 0) is 22.9 Å². The monoisotopic (exact) mass is 274 g/mol. The second-order valence-electron chi connectivity index (χ2n) is 4.93. The molecule has 0 bridgehead atoms. The van der Waals surface area contributed by atoms with Crippen molar-refractivity contribution in [3.63, 3.8) is 0 Å². The van der Waals surface area contributed by atoms with Crippen molar-refractivity contribution in [2.24, 2.45) is 0 Å². The lowest BCUT2D eigenvalue weighted by Gasteiger charge is -2.02. The smallest absolute Gasteiger partial charge is 0.180 e. The summed E-state index contributed by atoms with van der Waals surface area (Å²) < 4.78 is 0. The first kappa shape index (κ1) is 11.9. The number of aromatic amines is 1. The number of aromatic nitrogens is 3. The highest BCUT2D eigenvalue weighted by atomic mass is 15.0. The van der Waals surface area contributed by atoms with Crippen molar-refractivity contribution in [3.8, 4) is 11.4 Å². The van der Waals surface area contributed by atoms with Crippen LogP contribution in [0, 0.1) is 0 Å². The molecule has 102 valence electrons. The Bertz CT molecular complexity index is 934. The number of fused-ring (bicyclic) bond motifs is 2. The Labute approximate surface area is 121 Å². The summed E-state index contributed by atoms with van der Waals surface area (Å²) >= 11 is 0. The zero-order valence-corrected chi connectivity index (χ0v) is 11.6. The van der Waals surface area contributed by atoms with Crippen molar-refractivity contribution < 1.29 is 0 Å². The van der Waals surface area contributed by atoms with E-state index in [1.54, 1.807) is 0 Å². The standard InChI is InChI=1S/C17H14N4/c1-18-15-10-9-14-17(20-15)21-16(19-14)13-8-4-6-11-5-2-3-7-12(11)13/h2-10H,1H3,(H2,18,19,20,21). The summed E-state index contributed by atoms with van der Waals surface area (Å²) in [5.74, 6) is 1.67. The van der Waals surface area contributed by atoms with E-state index >= 15 is 0 Å². The van der Waals surface area contributed by atoms with Crippen molar-refractivity contribution in [1.29, 1.82) is 0 Å². The van der Waals surface area contributed by atoms with Crippen molar-refractivity contribution >= 4 is 27.8 Å². The first-order valence-electron chi connectivity index (χ1n) is 6.88. The van der Waals surface area contributed by atoms with Gasteiger partial charge in [-0.3, -0.25) is 0 Å². The SMILES string of the molecule is CNc1ccc2[nH]c(-c3cccc4ccccc34)nc2n1. The number of hydrogen-bond donors (Lipinski definition) is 2. The molecule has 0 spiro atoms. The van der Waals surface area contributed by atoms with E-state index in [4.69, 9.17) is 0 Å². The zero-order valence-electron chi connectivity index (χ0n) is 11.6. The summed E-state index contributed by atoms with van der Waals surface area (Å²) in [4.78, 5) is 12.5. The number of imidazole rings is 1. The summed E-state index contributed by atoms with van der Waals surface area (Å²) in [7, 11) is 1.85. The average Bonchev–Trinajstić information content (AvgIpc) is 2.97. The molecule has 2 aromatic heterocycles. The Morgan fingerprint density at radius 1 is 0.905 bits per heavy atom. The molecule has 0 radical (unpaired) electrons. The highest BCUT2D eigenvalue weighted by molar-refractivity contribution is 5.96. The summed E-state index contributed by atoms with van der Waals surface area (Å²) in [5.41, 5.74) is 2.76. The van der Waals surface area contributed by atoms with Gasteiger partial charge in [0.2, 0.25) is 0 Å². The van der Waals surface area contributed by atoms with Gasteiger partial charge in [0.1, 0.15) is 11.6 Å². The van der Waals surface area contributed by atoms with Gasteiger partial charge in [0.25, 0.3) is 0 Å². The maximum absolute atomic E-state index is 4.64. The number of anilines is 1. The Morgan fingerprint density at radius 2 is 1.76 bits per heavy atom. The van der Waals surface area contributed by atoms with E-state index in [0.717, 1.165) is 28.4 Å². The van der Waals surface area contributed by atoms with Crippen LogP contribution < -0.4 is 5.32 Å². The van der Waals surface area contributed by atoms with Crippen molar-refractivity contribution in [2.75, 3.05) is 12.4 Å². The van der Waals surface area contributed by atoms with Crippen LogP contribution in [0.2, 0.25) is 0 Å². The molecule has 21 heavy (non-hydrogen) atoms. The predicted octanol–water partition coefficient (Wildman–Crippen LogP) is 3.82. The molecule has 4 rings (SSSR count). The molecule has 2 heterocycles. The highest BCUT2D eigenvalue weighted by Crippen LogP contribution is 2.28. The first-order valence-corrected chi connectivity index (χ1v) is 6.88. The zero-order chi connectivity index (χ0) is 14.2.